The van der Waals surface area contributed by atoms with Crippen LogP contribution in [0.3, 0.4) is 0 Å². The zero-order chi connectivity index (χ0) is 14.7. The van der Waals surface area contributed by atoms with Crippen LogP contribution < -0.4 is 0 Å². The van der Waals surface area contributed by atoms with Crippen molar-refractivity contribution in [2.24, 2.45) is 0 Å². The molecule has 21 heavy (non-hydrogen) atoms. The van der Waals surface area contributed by atoms with Crippen LogP contribution in [0.15, 0.2) is 42.9 Å². The molecule has 0 saturated heterocycles. The molecule has 0 atom stereocenters. The van der Waals surface area contributed by atoms with Gasteiger partial charge in [0.15, 0.2) is 0 Å². The van der Waals surface area contributed by atoms with Crippen LogP contribution in [0.1, 0.15) is 11.4 Å². The van der Waals surface area contributed by atoms with Gasteiger partial charge in [0.05, 0.1) is 5.52 Å². The number of rotatable bonds is 5. The Hall–Kier alpha value is -2.27. The summed E-state index contributed by atoms with van der Waals surface area (Å²) in [6, 6.07) is 10.4. The molecule has 108 valence electrons. The standard InChI is InChI=1S/C16H19N5/c1-13-19-18-12-21(13)8-7-20(2)11-14-9-15-5-3-4-6-16(15)17-10-14/h3-6,9-10,12H,7-8,11H2,1-2H3. The van der Waals surface area contributed by atoms with Gasteiger partial charge in [0.1, 0.15) is 12.2 Å². The highest BCUT2D eigenvalue weighted by molar-refractivity contribution is 5.78. The van der Waals surface area contributed by atoms with E-state index in [1.807, 2.05) is 31.3 Å². The van der Waals surface area contributed by atoms with Gasteiger partial charge in [0, 0.05) is 31.2 Å². The summed E-state index contributed by atoms with van der Waals surface area (Å²) in [6.45, 7) is 4.71. The number of hydrogen-bond donors (Lipinski definition) is 0. The molecule has 3 aromatic rings. The van der Waals surface area contributed by atoms with Crippen LogP contribution in [0.2, 0.25) is 0 Å². The third kappa shape index (κ3) is 3.25. The molecule has 2 aromatic heterocycles. The fourth-order valence-electron chi connectivity index (χ4n) is 2.40. The number of aromatic nitrogens is 4. The Balaban J connectivity index is 1.63. The Labute approximate surface area is 124 Å². The van der Waals surface area contributed by atoms with Gasteiger partial charge in [0.25, 0.3) is 0 Å². The summed E-state index contributed by atoms with van der Waals surface area (Å²) in [7, 11) is 2.12. The van der Waals surface area contributed by atoms with Crippen LogP contribution in [0.25, 0.3) is 10.9 Å². The van der Waals surface area contributed by atoms with Crippen molar-refractivity contribution in [1.82, 2.24) is 24.6 Å². The monoisotopic (exact) mass is 281 g/mol. The maximum absolute atomic E-state index is 4.51. The number of aryl methyl sites for hydroxylation is 1. The highest BCUT2D eigenvalue weighted by atomic mass is 15.3. The van der Waals surface area contributed by atoms with Crippen molar-refractivity contribution < 1.29 is 0 Å². The number of hydrogen-bond acceptors (Lipinski definition) is 4. The summed E-state index contributed by atoms with van der Waals surface area (Å²) < 4.78 is 2.06. The van der Waals surface area contributed by atoms with E-state index in [1.54, 1.807) is 6.33 Å². The number of para-hydroxylation sites is 1. The van der Waals surface area contributed by atoms with Crippen molar-refractivity contribution in [2.45, 2.75) is 20.0 Å². The number of likely N-dealkylation sites (N-methyl/N-ethyl adjacent to an activating group) is 1. The molecule has 1 aromatic carbocycles. The van der Waals surface area contributed by atoms with Gasteiger partial charge in [-0.05, 0) is 31.7 Å². The normalized spacial score (nSPS) is 11.4. The second kappa shape index (κ2) is 6.01. The highest BCUT2D eigenvalue weighted by Crippen LogP contribution is 2.13. The Bertz CT molecular complexity index is 734. The SMILES string of the molecule is Cc1nncn1CCN(C)Cc1cnc2ccccc2c1. The average Bonchev–Trinajstić information content (AvgIpc) is 2.90. The average molecular weight is 281 g/mol. The van der Waals surface area contributed by atoms with Crippen molar-refractivity contribution in [3.8, 4) is 0 Å². The van der Waals surface area contributed by atoms with Crippen LogP contribution in [-0.2, 0) is 13.1 Å². The Kier molecular flexibility index (Phi) is 3.92. The smallest absolute Gasteiger partial charge is 0.129 e. The van der Waals surface area contributed by atoms with Crippen molar-refractivity contribution in [3.05, 3.63) is 54.2 Å². The summed E-state index contributed by atoms with van der Waals surface area (Å²) >= 11 is 0. The second-order valence-corrected chi connectivity index (χ2v) is 5.35. The van der Waals surface area contributed by atoms with Gasteiger partial charge in [-0.2, -0.15) is 0 Å². The Morgan fingerprint density at radius 2 is 2.10 bits per heavy atom. The van der Waals surface area contributed by atoms with Gasteiger partial charge < -0.3 is 9.47 Å². The predicted octanol–water partition coefficient (Wildman–Crippen LogP) is 2.27. The summed E-state index contributed by atoms with van der Waals surface area (Å²) in [5.41, 5.74) is 2.28. The third-order valence-electron chi connectivity index (χ3n) is 3.63. The number of benzene rings is 1. The van der Waals surface area contributed by atoms with Gasteiger partial charge >= 0.3 is 0 Å². The molecule has 3 rings (SSSR count). The molecular weight excluding hydrogens is 262 g/mol. The second-order valence-electron chi connectivity index (χ2n) is 5.35. The lowest BCUT2D eigenvalue weighted by Crippen LogP contribution is -2.23. The van der Waals surface area contributed by atoms with Gasteiger partial charge in [-0.1, -0.05) is 18.2 Å². The minimum Gasteiger partial charge on any atom is -0.317 e. The van der Waals surface area contributed by atoms with Crippen LogP contribution >= 0.6 is 0 Å². The molecule has 0 aliphatic heterocycles. The van der Waals surface area contributed by atoms with E-state index in [-0.39, 0.29) is 0 Å². The third-order valence-corrected chi connectivity index (χ3v) is 3.63. The van der Waals surface area contributed by atoms with Crippen LogP contribution in [-0.4, -0.2) is 38.2 Å². The lowest BCUT2D eigenvalue weighted by atomic mass is 10.1. The van der Waals surface area contributed by atoms with E-state index in [1.165, 1.54) is 10.9 Å². The van der Waals surface area contributed by atoms with E-state index in [2.05, 4.69) is 43.8 Å². The minimum absolute atomic E-state index is 0.888. The first-order valence-corrected chi connectivity index (χ1v) is 7.09. The largest absolute Gasteiger partial charge is 0.317 e. The Morgan fingerprint density at radius 1 is 1.24 bits per heavy atom. The number of fused-ring (bicyclic) bond motifs is 1. The molecule has 0 fully saturated rings. The molecule has 0 unspecified atom stereocenters. The summed E-state index contributed by atoms with van der Waals surface area (Å²) in [5.74, 6) is 0.954. The first-order chi connectivity index (χ1) is 10.2. The molecule has 5 nitrogen and oxygen atoms in total. The van der Waals surface area contributed by atoms with Crippen molar-refractivity contribution >= 4 is 10.9 Å². The molecule has 5 heteroatoms. The molecule has 2 heterocycles. The molecule has 0 radical (unpaired) electrons. The van der Waals surface area contributed by atoms with E-state index in [9.17, 15) is 0 Å². The van der Waals surface area contributed by atoms with E-state index < -0.39 is 0 Å². The molecule has 0 aliphatic carbocycles. The number of pyridine rings is 1. The van der Waals surface area contributed by atoms with E-state index in [0.29, 0.717) is 0 Å². The lowest BCUT2D eigenvalue weighted by Gasteiger charge is -2.17. The van der Waals surface area contributed by atoms with Gasteiger partial charge in [-0.3, -0.25) is 4.98 Å². The van der Waals surface area contributed by atoms with Crippen LogP contribution in [0.5, 0.6) is 0 Å². The quantitative estimate of drug-likeness (QED) is 0.720. The fraction of sp³-hybridized carbons (Fsp3) is 0.312. The fourth-order valence-corrected chi connectivity index (χ4v) is 2.40. The maximum Gasteiger partial charge on any atom is 0.129 e. The summed E-state index contributed by atoms with van der Waals surface area (Å²) in [4.78, 5) is 6.79. The maximum atomic E-state index is 4.51. The first-order valence-electron chi connectivity index (χ1n) is 7.09. The topological polar surface area (TPSA) is 46.8 Å². The van der Waals surface area contributed by atoms with Gasteiger partial charge in [-0.25, -0.2) is 0 Å². The van der Waals surface area contributed by atoms with Crippen LogP contribution in [0.4, 0.5) is 0 Å². The highest BCUT2D eigenvalue weighted by Gasteiger charge is 2.04. The van der Waals surface area contributed by atoms with E-state index in [0.717, 1.165) is 31.0 Å². The lowest BCUT2D eigenvalue weighted by molar-refractivity contribution is 0.310. The predicted molar refractivity (Wildman–Crippen MR) is 82.8 cm³/mol. The van der Waals surface area contributed by atoms with E-state index >= 15 is 0 Å². The zero-order valence-electron chi connectivity index (χ0n) is 12.4. The molecule has 0 spiro atoms. The zero-order valence-corrected chi connectivity index (χ0v) is 12.4. The molecule has 0 aliphatic rings. The number of nitrogens with zero attached hydrogens (tertiary/aromatic N) is 5. The Morgan fingerprint density at radius 3 is 2.90 bits per heavy atom. The minimum atomic E-state index is 0.888. The molecule has 0 bridgehead atoms. The van der Waals surface area contributed by atoms with Gasteiger partial charge in [0.2, 0.25) is 0 Å². The molecule has 0 N–H and O–H groups in total. The van der Waals surface area contributed by atoms with Crippen molar-refractivity contribution in [1.29, 1.82) is 0 Å². The summed E-state index contributed by atoms with van der Waals surface area (Å²) in [6.07, 6.45) is 3.74. The first kappa shape index (κ1) is 13.7. The van der Waals surface area contributed by atoms with E-state index in [4.69, 9.17) is 0 Å². The molecule has 0 amide bonds. The van der Waals surface area contributed by atoms with Crippen molar-refractivity contribution in [3.63, 3.8) is 0 Å². The van der Waals surface area contributed by atoms with Gasteiger partial charge in [-0.15, -0.1) is 10.2 Å². The molecule has 0 saturated carbocycles. The summed E-state index contributed by atoms with van der Waals surface area (Å²) in [5, 5.41) is 9.09. The molecular formula is C16H19N5. The van der Waals surface area contributed by atoms with Crippen molar-refractivity contribution in [2.75, 3.05) is 13.6 Å². The van der Waals surface area contributed by atoms with Crippen LogP contribution in [0, 0.1) is 6.92 Å².